The highest BCUT2D eigenvalue weighted by atomic mass is 15.4. The van der Waals surface area contributed by atoms with E-state index in [0.717, 1.165) is 0 Å². The summed E-state index contributed by atoms with van der Waals surface area (Å²) in [6.45, 7) is 0. The monoisotopic (exact) mass is 85.1 g/mol. The zero-order valence-corrected chi connectivity index (χ0v) is 3.63. The van der Waals surface area contributed by atoms with E-state index in [9.17, 15) is 0 Å². The Morgan fingerprint density at radius 2 is 2.50 bits per heavy atom. The molecule has 0 aromatic rings. The number of hydrogen-bond donors (Lipinski definition) is 1. The second kappa shape index (κ2) is 0.944. The molecule has 1 aliphatic rings. The first-order valence-electron chi connectivity index (χ1n) is 1.81. The Hall–Kier alpha value is -0.570. The molecule has 3 heteroatoms. The average Bonchev–Trinajstić information content (AvgIpc) is 1.61. The van der Waals surface area contributed by atoms with Crippen LogP contribution in [-0.2, 0) is 0 Å². The second-order valence-electron chi connectivity index (χ2n) is 1.34. The molecule has 6 heavy (non-hydrogen) atoms. The van der Waals surface area contributed by atoms with Crippen LogP contribution in [0.1, 0.15) is 0 Å². The lowest BCUT2D eigenvalue weighted by Gasteiger charge is -2.25. The minimum Gasteiger partial charge on any atom is -0.332 e. The van der Waals surface area contributed by atoms with Gasteiger partial charge in [0.25, 0.3) is 0 Å². The predicted molar refractivity (Wildman–Crippen MR) is 24.2 cm³/mol. The van der Waals surface area contributed by atoms with Crippen molar-refractivity contribution in [2.75, 3.05) is 7.05 Å². The van der Waals surface area contributed by atoms with E-state index in [-0.39, 0.29) is 6.29 Å². The van der Waals surface area contributed by atoms with Crippen molar-refractivity contribution in [2.24, 2.45) is 10.7 Å². The van der Waals surface area contributed by atoms with Crippen molar-refractivity contribution in [3.8, 4) is 0 Å². The lowest BCUT2D eigenvalue weighted by molar-refractivity contribution is 0.346. The molecule has 0 aromatic heterocycles. The van der Waals surface area contributed by atoms with Crippen molar-refractivity contribution in [1.29, 1.82) is 0 Å². The second-order valence-corrected chi connectivity index (χ2v) is 1.34. The molecule has 0 saturated heterocycles. The van der Waals surface area contributed by atoms with E-state index in [1.807, 2.05) is 11.9 Å². The highest BCUT2D eigenvalue weighted by molar-refractivity contribution is 5.60. The summed E-state index contributed by atoms with van der Waals surface area (Å²) in [5, 5.41) is 0. The maximum absolute atomic E-state index is 5.25. The molecule has 0 radical (unpaired) electrons. The minimum atomic E-state index is -0.0648. The van der Waals surface area contributed by atoms with Gasteiger partial charge in [-0.15, -0.1) is 0 Å². The van der Waals surface area contributed by atoms with Crippen LogP contribution in [0, 0.1) is 0 Å². The SMILES string of the molecule is CN1C=NC1N. The van der Waals surface area contributed by atoms with Crippen molar-refractivity contribution >= 4 is 6.34 Å². The number of hydrogen-bond acceptors (Lipinski definition) is 3. The van der Waals surface area contributed by atoms with Crippen LogP contribution in [0.15, 0.2) is 4.99 Å². The molecule has 34 valence electrons. The van der Waals surface area contributed by atoms with Crippen LogP contribution in [0.25, 0.3) is 0 Å². The molecule has 1 aliphatic heterocycles. The van der Waals surface area contributed by atoms with Gasteiger partial charge in [-0.2, -0.15) is 0 Å². The minimum absolute atomic E-state index is 0.0648. The predicted octanol–water partition coefficient (Wildman–Crippen LogP) is -0.798. The van der Waals surface area contributed by atoms with Gasteiger partial charge in [-0.3, -0.25) is 5.73 Å². The summed E-state index contributed by atoms with van der Waals surface area (Å²) in [5.74, 6) is 0. The van der Waals surface area contributed by atoms with E-state index in [1.54, 1.807) is 6.34 Å². The summed E-state index contributed by atoms with van der Waals surface area (Å²) in [5.41, 5.74) is 5.25. The van der Waals surface area contributed by atoms with Crippen molar-refractivity contribution in [3.63, 3.8) is 0 Å². The zero-order chi connectivity index (χ0) is 4.57. The zero-order valence-electron chi connectivity index (χ0n) is 3.63. The van der Waals surface area contributed by atoms with E-state index < -0.39 is 0 Å². The first-order chi connectivity index (χ1) is 2.80. The maximum atomic E-state index is 5.25. The Morgan fingerprint density at radius 3 is 2.50 bits per heavy atom. The summed E-state index contributed by atoms with van der Waals surface area (Å²) in [6, 6.07) is 0. The van der Waals surface area contributed by atoms with E-state index in [4.69, 9.17) is 5.73 Å². The van der Waals surface area contributed by atoms with Crippen molar-refractivity contribution in [3.05, 3.63) is 0 Å². The molecule has 1 rings (SSSR count). The highest BCUT2D eigenvalue weighted by Crippen LogP contribution is 1.94. The summed E-state index contributed by atoms with van der Waals surface area (Å²) in [4.78, 5) is 5.56. The topological polar surface area (TPSA) is 41.6 Å². The third-order valence-electron chi connectivity index (χ3n) is 0.819. The Labute approximate surface area is 36.5 Å². The number of nitrogens with two attached hydrogens (primary N) is 1. The van der Waals surface area contributed by atoms with Crippen LogP contribution in [0.2, 0.25) is 0 Å². The molecule has 0 spiro atoms. The van der Waals surface area contributed by atoms with Gasteiger partial charge in [0.2, 0.25) is 0 Å². The third-order valence-corrected chi connectivity index (χ3v) is 0.819. The Morgan fingerprint density at radius 1 is 2.00 bits per heavy atom. The van der Waals surface area contributed by atoms with Crippen molar-refractivity contribution < 1.29 is 0 Å². The smallest absolute Gasteiger partial charge is 0.175 e. The summed E-state index contributed by atoms with van der Waals surface area (Å²) in [7, 11) is 1.89. The van der Waals surface area contributed by atoms with Gasteiger partial charge >= 0.3 is 0 Å². The van der Waals surface area contributed by atoms with Gasteiger partial charge in [0.05, 0.1) is 6.34 Å². The van der Waals surface area contributed by atoms with Gasteiger partial charge in [0.15, 0.2) is 6.29 Å². The molecule has 0 aliphatic carbocycles. The molecule has 0 amide bonds. The number of rotatable bonds is 0. The summed E-state index contributed by atoms with van der Waals surface area (Å²) < 4.78 is 0. The van der Waals surface area contributed by atoms with Crippen LogP contribution in [-0.4, -0.2) is 24.6 Å². The molecule has 0 saturated carbocycles. The number of aliphatic imine (C=N–C) groups is 1. The Bertz CT molecular complexity index is 68.1. The fraction of sp³-hybridized carbons (Fsp3) is 0.667. The van der Waals surface area contributed by atoms with Gasteiger partial charge in [-0.1, -0.05) is 0 Å². The third kappa shape index (κ3) is 0.285. The molecule has 1 unspecified atom stereocenters. The molecular weight excluding hydrogens is 78.1 g/mol. The first-order valence-corrected chi connectivity index (χ1v) is 1.81. The Kier molecular flexibility index (Phi) is 0.569. The summed E-state index contributed by atoms with van der Waals surface area (Å²) in [6.07, 6.45) is 1.63. The largest absolute Gasteiger partial charge is 0.332 e. The van der Waals surface area contributed by atoms with E-state index in [0.29, 0.717) is 0 Å². The van der Waals surface area contributed by atoms with Gasteiger partial charge in [-0.05, 0) is 0 Å². The average molecular weight is 85.1 g/mol. The lowest BCUT2D eigenvalue weighted by Crippen LogP contribution is -2.44. The van der Waals surface area contributed by atoms with Crippen LogP contribution < -0.4 is 5.73 Å². The van der Waals surface area contributed by atoms with Crippen molar-refractivity contribution in [2.45, 2.75) is 6.29 Å². The maximum Gasteiger partial charge on any atom is 0.175 e. The fourth-order valence-electron chi connectivity index (χ4n) is 0.277. The van der Waals surface area contributed by atoms with Gasteiger partial charge in [-0.25, -0.2) is 4.99 Å². The molecule has 1 atom stereocenters. The molecule has 0 bridgehead atoms. The molecule has 0 fully saturated rings. The van der Waals surface area contributed by atoms with E-state index in [2.05, 4.69) is 4.99 Å². The standard InChI is InChI=1S/C3H7N3/c1-6-2-5-3(6)4/h2-3H,4H2,1H3. The van der Waals surface area contributed by atoms with Crippen LogP contribution >= 0.6 is 0 Å². The van der Waals surface area contributed by atoms with Crippen LogP contribution in [0.3, 0.4) is 0 Å². The molecule has 0 aromatic carbocycles. The van der Waals surface area contributed by atoms with Crippen LogP contribution in [0.5, 0.6) is 0 Å². The van der Waals surface area contributed by atoms with Crippen LogP contribution in [0.4, 0.5) is 0 Å². The first kappa shape index (κ1) is 3.61. The molecule has 3 nitrogen and oxygen atoms in total. The van der Waals surface area contributed by atoms with E-state index in [1.165, 1.54) is 0 Å². The Balaban J connectivity index is 2.45. The lowest BCUT2D eigenvalue weighted by atomic mass is 10.6. The fourth-order valence-corrected chi connectivity index (χ4v) is 0.277. The normalized spacial score (nSPS) is 30.3. The molecule has 2 N–H and O–H groups in total. The summed E-state index contributed by atoms with van der Waals surface area (Å²) >= 11 is 0. The molecular formula is C3H7N3. The van der Waals surface area contributed by atoms with Gasteiger partial charge in [0.1, 0.15) is 0 Å². The van der Waals surface area contributed by atoms with Gasteiger partial charge in [0, 0.05) is 7.05 Å². The van der Waals surface area contributed by atoms with Crippen molar-refractivity contribution in [1.82, 2.24) is 4.90 Å². The highest BCUT2D eigenvalue weighted by Gasteiger charge is 2.09. The quantitative estimate of drug-likeness (QED) is 0.418. The molecule has 1 heterocycles. The van der Waals surface area contributed by atoms with Gasteiger partial charge < -0.3 is 4.90 Å². The van der Waals surface area contributed by atoms with E-state index >= 15 is 0 Å². The number of nitrogens with zero attached hydrogens (tertiary/aromatic N) is 2.